The first-order chi connectivity index (χ1) is 5.43. The van der Waals surface area contributed by atoms with Crippen LogP contribution in [0.25, 0.3) is 0 Å². The molecule has 1 atom stereocenters. The Morgan fingerprint density at radius 2 is 2.00 bits per heavy atom. The summed E-state index contributed by atoms with van der Waals surface area (Å²) in [5, 5.41) is 8.76. The topological polar surface area (TPSA) is 20.2 Å². The first-order valence-electron chi connectivity index (χ1n) is 4.69. The second-order valence-electron chi connectivity index (χ2n) is 3.36. The molecule has 0 aromatic carbocycles. The van der Waals surface area contributed by atoms with Gasteiger partial charge < -0.3 is 5.11 Å². The lowest BCUT2D eigenvalue weighted by atomic mass is 9.92. The highest BCUT2D eigenvalue weighted by molar-refractivity contribution is 4.84. The van der Waals surface area contributed by atoms with E-state index in [1.807, 2.05) is 0 Å². The number of allylic oxidation sites excluding steroid dienone is 2. The SMILES string of the molecule is OCCC1CC/C=C\CCC1. The fourth-order valence-electron chi connectivity index (χ4n) is 1.71. The maximum atomic E-state index is 8.76. The highest BCUT2D eigenvalue weighted by atomic mass is 16.3. The summed E-state index contributed by atoms with van der Waals surface area (Å²) < 4.78 is 0. The summed E-state index contributed by atoms with van der Waals surface area (Å²) in [5.41, 5.74) is 0. The van der Waals surface area contributed by atoms with E-state index in [1.165, 1.54) is 32.1 Å². The highest BCUT2D eigenvalue weighted by Gasteiger charge is 2.07. The zero-order valence-corrected chi connectivity index (χ0v) is 7.13. The Morgan fingerprint density at radius 3 is 2.82 bits per heavy atom. The molecule has 11 heavy (non-hydrogen) atoms. The van der Waals surface area contributed by atoms with Gasteiger partial charge in [0.1, 0.15) is 0 Å². The summed E-state index contributed by atoms with van der Waals surface area (Å²) in [6, 6.07) is 0. The summed E-state index contributed by atoms with van der Waals surface area (Å²) >= 11 is 0. The zero-order chi connectivity index (χ0) is 7.94. The smallest absolute Gasteiger partial charge is 0.0433 e. The van der Waals surface area contributed by atoms with Crippen molar-refractivity contribution < 1.29 is 5.11 Å². The normalized spacial score (nSPS) is 29.0. The molecule has 1 unspecified atom stereocenters. The van der Waals surface area contributed by atoms with Crippen molar-refractivity contribution in [1.82, 2.24) is 0 Å². The van der Waals surface area contributed by atoms with Crippen LogP contribution < -0.4 is 0 Å². The maximum Gasteiger partial charge on any atom is 0.0433 e. The number of aliphatic hydroxyl groups is 1. The Bertz CT molecular complexity index is 118. The van der Waals surface area contributed by atoms with E-state index in [4.69, 9.17) is 5.11 Å². The fourth-order valence-corrected chi connectivity index (χ4v) is 1.71. The van der Waals surface area contributed by atoms with Gasteiger partial charge in [-0.2, -0.15) is 0 Å². The van der Waals surface area contributed by atoms with Gasteiger partial charge in [0.25, 0.3) is 0 Å². The number of rotatable bonds is 2. The molecule has 1 N–H and O–H groups in total. The first-order valence-corrected chi connectivity index (χ1v) is 4.69. The van der Waals surface area contributed by atoms with Gasteiger partial charge in [-0.05, 0) is 38.0 Å². The van der Waals surface area contributed by atoms with E-state index >= 15 is 0 Å². The molecule has 1 aliphatic rings. The molecule has 0 heterocycles. The molecule has 1 nitrogen and oxygen atoms in total. The summed E-state index contributed by atoms with van der Waals surface area (Å²) in [4.78, 5) is 0. The quantitative estimate of drug-likeness (QED) is 0.606. The molecule has 1 rings (SSSR count). The molecule has 0 amide bonds. The van der Waals surface area contributed by atoms with Crippen molar-refractivity contribution in [3.63, 3.8) is 0 Å². The molecule has 0 fully saturated rings. The number of aliphatic hydroxyl groups excluding tert-OH is 1. The molecule has 0 spiro atoms. The van der Waals surface area contributed by atoms with Crippen LogP contribution in [0.2, 0.25) is 0 Å². The Balaban J connectivity index is 2.24. The van der Waals surface area contributed by atoms with Gasteiger partial charge >= 0.3 is 0 Å². The number of hydrogen-bond donors (Lipinski definition) is 1. The van der Waals surface area contributed by atoms with Crippen molar-refractivity contribution in [1.29, 1.82) is 0 Å². The highest BCUT2D eigenvalue weighted by Crippen LogP contribution is 2.20. The van der Waals surface area contributed by atoms with Gasteiger partial charge in [0.15, 0.2) is 0 Å². The second-order valence-corrected chi connectivity index (χ2v) is 3.36. The van der Waals surface area contributed by atoms with Crippen molar-refractivity contribution in [3.05, 3.63) is 12.2 Å². The Hall–Kier alpha value is -0.300. The molecule has 0 radical (unpaired) electrons. The monoisotopic (exact) mass is 154 g/mol. The van der Waals surface area contributed by atoms with Gasteiger partial charge in [-0.1, -0.05) is 18.6 Å². The van der Waals surface area contributed by atoms with E-state index in [2.05, 4.69) is 12.2 Å². The van der Waals surface area contributed by atoms with Crippen LogP contribution in [0.3, 0.4) is 0 Å². The number of hydrogen-bond acceptors (Lipinski definition) is 1. The minimum absolute atomic E-state index is 0.369. The molecule has 0 saturated carbocycles. The lowest BCUT2D eigenvalue weighted by molar-refractivity contribution is 0.245. The summed E-state index contributed by atoms with van der Waals surface area (Å²) in [7, 11) is 0. The van der Waals surface area contributed by atoms with Gasteiger partial charge in [-0.3, -0.25) is 0 Å². The lowest BCUT2D eigenvalue weighted by Crippen LogP contribution is -2.03. The summed E-state index contributed by atoms with van der Waals surface area (Å²) in [6.45, 7) is 0.369. The molecule has 0 aromatic heterocycles. The minimum atomic E-state index is 0.369. The van der Waals surface area contributed by atoms with Crippen LogP contribution in [0.4, 0.5) is 0 Å². The zero-order valence-electron chi connectivity index (χ0n) is 7.13. The third-order valence-corrected chi connectivity index (χ3v) is 2.43. The van der Waals surface area contributed by atoms with Crippen molar-refractivity contribution in [3.8, 4) is 0 Å². The minimum Gasteiger partial charge on any atom is -0.396 e. The molecular weight excluding hydrogens is 136 g/mol. The molecule has 0 saturated heterocycles. The lowest BCUT2D eigenvalue weighted by Gasteiger charge is -2.15. The van der Waals surface area contributed by atoms with Gasteiger partial charge in [0, 0.05) is 6.61 Å². The van der Waals surface area contributed by atoms with E-state index in [-0.39, 0.29) is 0 Å². The van der Waals surface area contributed by atoms with Crippen molar-refractivity contribution >= 4 is 0 Å². The fraction of sp³-hybridized carbons (Fsp3) is 0.800. The van der Waals surface area contributed by atoms with Crippen LogP contribution in [0.5, 0.6) is 0 Å². The molecule has 64 valence electrons. The largest absolute Gasteiger partial charge is 0.396 e. The standard InChI is InChI=1S/C10H18O/c11-9-8-10-6-4-2-1-3-5-7-10/h1-2,10-11H,3-9H2/b2-1-. The van der Waals surface area contributed by atoms with Gasteiger partial charge in [0.2, 0.25) is 0 Å². The Labute approximate surface area is 69.1 Å². The molecular formula is C10H18O. The van der Waals surface area contributed by atoms with Crippen LogP contribution in [-0.2, 0) is 0 Å². The predicted octanol–water partition coefficient (Wildman–Crippen LogP) is 2.51. The van der Waals surface area contributed by atoms with Crippen LogP contribution >= 0.6 is 0 Å². The van der Waals surface area contributed by atoms with E-state index in [9.17, 15) is 0 Å². The van der Waals surface area contributed by atoms with Crippen LogP contribution in [0.15, 0.2) is 12.2 Å². The third-order valence-electron chi connectivity index (χ3n) is 2.43. The third kappa shape index (κ3) is 3.57. The molecule has 0 aliphatic heterocycles. The van der Waals surface area contributed by atoms with Gasteiger partial charge in [-0.25, -0.2) is 0 Å². The second kappa shape index (κ2) is 5.36. The van der Waals surface area contributed by atoms with Gasteiger partial charge in [-0.15, -0.1) is 0 Å². The van der Waals surface area contributed by atoms with Crippen molar-refractivity contribution in [2.24, 2.45) is 5.92 Å². The van der Waals surface area contributed by atoms with Crippen LogP contribution in [0, 0.1) is 5.92 Å². The average molecular weight is 154 g/mol. The van der Waals surface area contributed by atoms with E-state index in [1.54, 1.807) is 0 Å². The van der Waals surface area contributed by atoms with E-state index in [0.717, 1.165) is 12.3 Å². The van der Waals surface area contributed by atoms with E-state index in [0.29, 0.717) is 6.61 Å². The van der Waals surface area contributed by atoms with Crippen LogP contribution in [0.1, 0.15) is 38.5 Å². The maximum absolute atomic E-state index is 8.76. The van der Waals surface area contributed by atoms with Crippen molar-refractivity contribution in [2.75, 3.05) is 6.61 Å². The van der Waals surface area contributed by atoms with Gasteiger partial charge in [0.05, 0.1) is 0 Å². The molecule has 1 aliphatic carbocycles. The predicted molar refractivity (Wildman–Crippen MR) is 47.4 cm³/mol. The molecule has 1 heteroatoms. The molecule has 0 bridgehead atoms. The molecule has 0 aromatic rings. The summed E-state index contributed by atoms with van der Waals surface area (Å²) in [5.74, 6) is 0.782. The van der Waals surface area contributed by atoms with Crippen molar-refractivity contribution in [2.45, 2.75) is 38.5 Å². The average Bonchev–Trinajstić information content (AvgIpc) is 1.94. The summed E-state index contributed by atoms with van der Waals surface area (Å²) in [6.07, 6.45) is 11.9. The Kier molecular flexibility index (Phi) is 4.29. The Morgan fingerprint density at radius 1 is 1.18 bits per heavy atom. The van der Waals surface area contributed by atoms with Crippen LogP contribution in [-0.4, -0.2) is 11.7 Å². The van der Waals surface area contributed by atoms with E-state index < -0.39 is 0 Å². The first kappa shape index (κ1) is 8.79.